The number of furan rings is 1. The van der Waals surface area contributed by atoms with Gasteiger partial charge in [-0.1, -0.05) is 0 Å². The lowest BCUT2D eigenvalue weighted by Crippen LogP contribution is -2.14. The van der Waals surface area contributed by atoms with Crippen LogP contribution in [0, 0.1) is 6.92 Å². The number of benzene rings is 2. The Morgan fingerprint density at radius 3 is 2.28 bits per heavy atom. The molecule has 3 aromatic rings. The van der Waals surface area contributed by atoms with E-state index in [4.69, 9.17) is 15.3 Å². The number of rotatable bonds is 5. The number of hydrogen-bond donors (Lipinski definition) is 6. The maximum atomic E-state index is 12.2. The number of aryl methyl sites for hydroxylation is 1. The molecular weight excluding hydrogens is 380 g/mol. The first-order chi connectivity index (χ1) is 13.7. The third-order valence-electron chi connectivity index (χ3n) is 4.24. The number of aromatic carboxylic acids is 1. The topological polar surface area (TPSA) is 166 Å². The van der Waals surface area contributed by atoms with Crippen LogP contribution >= 0.6 is 0 Å². The Balaban J connectivity index is 1.76. The number of phenols is 3. The highest BCUT2D eigenvalue weighted by Gasteiger charge is 2.17. The molecular formula is C20H18N2O7. The quantitative estimate of drug-likeness (QED) is 0.282. The van der Waals surface area contributed by atoms with Crippen LogP contribution in [0.15, 0.2) is 40.8 Å². The van der Waals surface area contributed by atoms with Crippen LogP contribution in [0.4, 0.5) is 11.4 Å². The number of carboxylic acid groups (broad SMARTS) is 1. The van der Waals surface area contributed by atoms with Gasteiger partial charge in [0.1, 0.15) is 17.1 Å². The van der Waals surface area contributed by atoms with E-state index in [0.717, 1.165) is 0 Å². The van der Waals surface area contributed by atoms with Crippen LogP contribution in [0.5, 0.6) is 17.2 Å². The van der Waals surface area contributed by atoms with Crippen molar-refractivity contribution in [1.82, 2.24) is 0 Å². The van der Waals surface area contributed by atoms with E-state index in [1.807, 2.05) is 0 Å². The summed E-state index contributed by atoms with van der Waals surface area (Å²) in [6.07, 6.45) is -0.164. The van der Waals surface area contributed by atoms with Gasteiger partial charge in [-0.3, -0.25) is 4.79 Å². The van der Waals surface area contributed by atoms with Crippen molar-refractivity contribution in [3.63, 3.8) is 0 Å². The van der Waals surface area contributed by atoms with Crippen LogP contribution in [-0.2, 0) is 11.2 Å². The highest BCUT2D eigenvalue weighted by molar-refractivity contribution is 5.94. The van der Waals surface area contributed by atoms with Crippen molar-refractivity contribution in [3.05, 3.63) is 53.3 Å². The van der Waals surface area contributed by atoms with Gasteiger partial charge in [0, 0.05) is 16.9 Å². The molecule has 29 heavy (non-hydrogen) atoms. The van der Waals surface area contributed by atoms with Crippen molar-refractivity contribution in [1.29, 1.82) is 0 Å². The molecule has 9 nitrogen and oxygen atoms in total. The smallest absolute Gasteiger partial charge is 0.339 e. The molecule has 0 unspecified atom stereocenters. The van der Waals surface area contributed by atoms with Crippen LogP contribution in [-0.4, -0.2) is 32.3 Å². The number of phenolic OH excluding ortho intramolecular Hbond substituents is 3. The molecule has 0 saturated carbocycles. The molecule has 1 amide bonds. The molecule has 150 valence electrons. The van der Waals surface area contributed by atoms with Crippen molar-refractivity contribution in [3.8, 4) is 28.6 Å². The Kier molecular flexibility index (Phi) is 5.05. The van der Waals surface area contributed by atoms with Crippen LogP contribution in [0.3, 0.4) is 0 Å². The summed E-state index contributed by atoms with van der Waals surface area (Å²) >= 11 is 0. The Morgan fingerprint density at radius 2 is 1.72 bits per heavy atom. The number of carbonyl (C=O) groups excluding carboxylic acids is 1. The number of amides is 1. The van der Waals surface area contributed by atoms with Gasteiger partial charge in [-0.2, -0.15) is 0 Å². The molecule has 0 aliphatic rings. The Labute approximate surface area is 164 Å². The second-order valence-electron chi connectivity index (χ2n) is 6.40. The number of hydrogen-bond acceptors (Lipinski definition) is 7. The molecule has 2 aromatic carbocycles. The minimum atomic E-state index is -1.11. The number of carbonyl (C=O) groups is 2. The van der Waals surface area contributed by atoms with Crippen molar-refractivity contribution >= 4 is 23.3 Å². The molecule has 0 aliphatic heterocycles. The van der Waals surface area contributed by atoms with Gasteiger partial charge in [0.15, 0.2) is 17.2 Å². The van der Waals surface area contributed by atoms with Gasteiger partial charge < -0.3 is 35.9 Å². The number of nitrogens with two attached hydrogens (primary N) is 1. The fourth-order valence-corrected chi connectivity index (χ4v) is 2.85. The summed E-state index contributed by atoms with van der Waals surface area (Å²) in [6, 6.07) is 8.39. The van der Waals surface area contributed by atoms with E-state index >= 15 is 0 Å². The van der Waals surface area contributed by atoms with E-state index in [-0.39, 0.29) is 23.4 Å². The third-order valence-corrected chi connectivity index (χ3v) is 4.24. The number of nitrogen functional groups attached to an aromatic ring is 1. The maximum Gasteiger partial charge on any atom is 0.339 e. The monoisotopic (exact) mass is 398 g/mol. The summed E-state index contributed by atoms with van der Waals surface area (Å²) in [6.45, 7) is 1.54. The van der Waals surface area contributed by atoms with E-state index in [9.17, 15) is 24.9 Å². The van der Waals surface area contributed by atoms with Gasteiger partial charge in [-0.05, 0) is 48.9 Å². The van der Waals surface area contributed by atoms with E-state index in [0.29, 0.717) is 22.6 Å². The molecule has 0 radical (unpaired) electrons. The van der Waals surface area contributed by atoms with Crippen LogP contribution in [0.25, 0.3) is 11.3 Å². The SMILES string of the molecule is Cc1oc(-c2ccc(NC(=O)Cc3cc(O)c(O)c(O)c3)cc2N)cc1C(=O)O. The van der Waals surface area contributed by atoms with Gasteiger partial charge >= 0.3 is 5.97 Å². The average molecular weight is 398 g/mol. The fourth-order valence-electron chi connectivity index (χ4n) is 2.85. The Bertz CT molecular complexity index is 1100. The zero-order valence-corrected chi connectivity index (χ0v) is 15.3. The first-order valence-corrected chi connectivity index (χ1v) is 8.43. The predicted octanol–water partition coefficient (Wildman–Crippen LogP) is 2.83. The van der Waals surface area contributed by atoms with Gasteiger partial charge in [0.05, 0.1) is 6.42 Å². The fraction of sp³-hybridized carbons (Fsp3) is 0.100. The van der Waals surface area contributed by atoms with Crippen LogP contribution in [0.2, 0.25) is 0 Å². The average Bonchev–Trinajstić information content (AvgIpc) is 3.01. The van der Waals surface area contributed by atoms with Gasteiger partial charge in [-0.15, -0.1) is 0 Å². The number of carboxylic acids is 1. The summed E-state index contributed by atoms with van der Waals surface area (Å²) in [5.41, 5.74) is 7.50. The Hall–Kier alpha value is -4.14. The number of nitrogens with one attached hydrogen (secondary N) is 1. The molecule has 0 saturated heterocycles. The minimum Gasteiger partial charge on any atom is -0.504 e. The lowest BCUT2D eigenvalue weighted by Gasteiger charge is -2.09. The summed E-state index contributed by atoms with van der Waals surface area (Å²) in [5.74, 6) is -2.71. The molecule has 1 aromatic heterocycles. The molecule has 3 rings (SSSR count). The van der Waals surface area contributed by atoms with E-state index in [2.05, 4.69) is 5.32 Å². The van der Waals surface area contributed by atoms with Gasteiger partial charge in [-0.25, -0.2) is 4.79 Å². The number of aromatic hydroxyl groups is 3. The first kappa shape index (κ1) is 19.6. The van der Waals surface area contributed by atoms with Gasteiger partial charge in [0.2, 0.25) is 5.91 Å². The van der Waals surface area contributed by atoms with E-state index in [1.54, 1.807) is 12.1 Å². The zero-order valence-electron chi connectivity index (χ0n) is 15.3. The molecule has 7 N–H and O–H groups in total. The minimum absolute atomic E-state index is 0.0391. The lowest BCUT2D eigenvalue weighted by atomic mass is 10.1. The second-order valence-corrected chi connectivity index (χ2v) is 6.40. The highest BCUT2D eigenvalue weighted by atomic mass is 16.4. The molecule has 0 spiro atoms. The predicted molar refractivity (Wildman–Crippen MR) is 104 cm³/mol. The molecule has 9 heteroatoms. The van der Waals surface area contributed by atoms with Crippen molar-refractivity contribution in [2.24, 2.45) is 0 Å². The van der Waals surface area contributed by atoms with Crippen molar-refractivity contribution in [2.45, 2.75) is 13.3 Å². The first-order valence-electron chi connectivity index (χ1n) is 8.43. The standard InChI is InChI=1S/C20H18N2O7/c1-9-13(20(27)28)8-17(29-9)12-3-2-11(7-14(12)21)22-18(25)6-10-4-15(23)19(26)16(24)5-10/h2-5,7-8,23-24,26H,6,21H2,1H3,(H,22,25)(H,27,28). The van der Waals surface area contributed by atoms with E-state index in [1.165, 1.54) is 31.2 Å². The molecule has 1 heterocycles. The normalized spacial score (nSPS) is 10.7. The molecule has 0 atom stereocenters. The molecule has 0 fully saturated rings. The third kappa shape index (κ3) is 4.08. The van der Waals surface area contributed by atoms with Crippen LogP contribution in [0.1, 0.15) is 21.7 Å². The lowest BCUT2D eigenvalue weighted by molar-refractivity contribution is -0.115. The highest BCUT2D eigenvalue weighted by Crippen LogP contribution is 2.36. The van der Waals surface area contributed by atoms with Crippen molar-refractivity contribution < 1.29 is 34.4 Å². The van der Waals surface area contributed by atoms with Crippen LogP contribution < -0.4 is 11.1 Å². The number of anilines is 2. The largest absolute Gasteiger partial charge is 0.504 e. The molecule has 0 aliphatic carbocycles. The van der Waals surface area contributed by atoms with Crippen molar-refractivity contribution in [2.75, 3.05) is 11.1 Å². The summed E-state index contributed by atoms with van der Waals surface area (Å²) in [7, 11) is 0. The zero-order chi connectivity index (χ0) is 21.3. The summed E-state index contributed by atoms with van der Waals surface area (Å²) < 4.78 is 5.46. The second kappa shape index (κ2) is 7.47. The van der Waals surface area contributed by atoms with E-state index < -0.39 is 29.1 Å². The maximum absolute atomic E-state index is 12.2. The summed E-state index contributed by atoms with van der Waals surface area (Å²) in [5, 5.41) is 40.1. The molecule has 0 bridgehead atoms. The van der Waals surface area contributed by atoms with Gasteiger partial charge in [0.25, 0.3) is 0 Å². The Morgan fingerprint density at radius 1 is 1.07 bits per heavy atom. The summed E-state index contributed by atoms with van der Waals surface area (Å²) in [4.78, 5) is 23.4.